The normalized spacial score (nSPS) is 11.2. The molecular formula is C18H22. The maximum absolute atomic E-state index is 2.27. The predicted octanol–water partition coefficient (Wildman–Crippen LogP) is 5.60. The van der Waals surface area contributed by atoms with E-state index in [1.165, 1.54) is 22.3 Å². The van der Waals surface area contributed by atoms with Crippen molar-refractivity contribution in [3.63, 3.8) is 0 Å². The van der Waals surface area contributed by atoms with Gasteiger partial charge in [-0.15, -0.1) is 0 Å². The van der Waals surface area contributed by atoms with Gasteiger partial charge in [0.25, 0.3) is 0 Å². The van der Waals surface area contributed by atoms with Gasteiger partial charge in [-0.05, 0) is 34.1 Å². The average molecular weight is 238 g/mol. The number of hydrogen-bond donors (Lipinski definition) is 0. The average Bonchev–Trinajstić information content (AvgIpc) is 2.38. The van der Waals surface area contributed by atoms with Crippen molar-refractivity contribution in [3.8, 4) is 11.1 Å². The monoisotopic (exact) mass is 238 g/mol. The summed E-state index contributed by atoms with van der Waals surface area (Å²) in [5, 5.41) is 0. The highest BCUT2D eigenvalue weighted by molar-refractivity contribution is 5.72. The maximum atomic E-state index is 2.27. The molecule has 18 heavy (non-hydrogen) atoms. The van der Waals surface area contributed by atoms with Crippen LogP contribution in [0.3, 0.4) is 0 Å². The molecule has 0 saturated carbocycles. The second kappa shape index (κ2) is 5.39. The van der Waals surface area contributed by atoms with Crippen molar-refractivity contribution in [3.05, 3.63) is 59.7 Å². The van der Waals surface area contributed by atoms with E-state index in [-0.39, 0.29) is 0 Å². The minimum atomic E-state index is 0.555. The Bertz CT molecular complexity index is 481. The second-order valence-corrected chi connectivity index (χ2v) is 5.49. The molecule has 0 atom stereocenters. The molecule has 0 aliphatic carbocycles. The van der Waals surface area contributed by atoms with Crippen LogP contribution in [0.4, 0.5) is 0 Å². The van der Waals surface area contributed by atoms with Gasteiger partial charge in [0.1, 0.15) is 0 Å². The summed E-state index contributed by atoms with van der Waals surface area (Å²) in [6, 6.07) is 17.5. The van der Waals surface area contributed by atoms with Crippen molar-refractivity contribution in [2.24, 2.45) is 0 Å². The lowest BCUT2D eigenvalue weighted by molar-refractivity contribution is 0.838. The number of benzene rings is 2. The molecule has 0 N–H and O–H groups in total. The SMILES string of the molecule is CC(C)c1cccc(C(C)C)c1-c1ccccc1. The zero-order valence-corrected chi connectivity index (χ0v) is 11.8. The summed E-state index contributed by atoms with van der Waals surface area (Å²) >= 11 is 0. The molecule has 2 rings (SSSR count). The van der Waals surface area contributed by atoms with E-state index in [2.05, 4.69) is 76.2 Å². The molecule has 0 amide bonds. The fourth-order valence-corrected chi connectivity index (χ4v) is 2.49. The second-order valence-electron chi connectivity index (χ2n) is 5.49. The molecule has 0 nitrogen and oxygen atoms in total. The Hall–Kier alpha value is -1.56. The fourth-order valence-electron chi connectivity index (χ4n) is 2.49. The van der Waals surface area contributed by atoms with Crippen LogP contribution in [0, 0.1) is 0 Å². The van der Waals surface area contributed by atoms with Gasteiger partial charge in [-0.3, -0.25) is 0 Å². The van der Waals surface area contributed by atoms with Crippen molar-refractivity contribution < 1.29 is 0 Å². The summed E-state index contributed by atoms with van der Waals surface area (Å²) in [5.41, 5.74) is 5.67. The summed E-state index contributed by atoms with van der Waals surface area (Å²) in [6.45, 7) is 9.08. The van der Waals surface area contributed by atoms with Crippen molar-refractivity contribution >= 4 is 0 Å². The van der Waals surface area contributed by atoms with Gasteiger partial charge in [-0.2, -0.15) is 0 Å². The van der Waals surface area contributed by atoms with Crippen molar-refractivity contribution in [2.75, 3.05) is 0 Å². The Balaban J connectivity index is 2.69. The zero-order chi connectivity index (χ0) is 13.1. The van der Waals surface area contributed by atoms with Crippen molar-refractivity contribution in [1.29, 1.82) is 0 Å². The Morgan fingerprint density at radius 1 is 0.611 bits per heavy atom. The van der Waals surface area contributed by atoms with Crippen LogP contribution in [0.2, 0.25) is 0 Å². The Labute approximate surface area is 111 Å². The molecule has 0 unspecified atom stereocenters. The quantitative estimate of drug-likeness (QED) is 0.653. The molecule has 0 aliphatic rings. The topological polar surface area (TPSA) is 0 Å². The van der Waals surface area contributed by atoms with Gasteiger partial charge in [0.2, 0.25) is 0 Å². The van der Waals surface area contributed by atoms with Crippen LogP contribution < -0.4 is 0 Å². The van der Waals surface area contributed by atoms with E-state index in [1.807, 2.05) is 0 Å². The summed E-state index contributed by atoms with van der Waals surface area (Å²) < 4.78 is 0. The number of rotatable bonds is 3. The van der Waals surface area contributed by atoms with Crippen LogP contribution in [-0.2, 0) is 0 Å². The summed E-state index contributed by atoms with van der Waals surface area (Å²) in [4.78, 5) is 0. The Kier molecular flexibility index (Phi) is 3.86. The molecule has 0 spiro atoms. The van der Waals surface area contributed by atoms with Gasteiger partial charge in [-0.25, -0.2) is 0 Å². The molecule has 0 fully saturated rings. The van der Waals surface area contributed by atoms with Crippen LogP contribution in [0.15, 0.2) is 48.5 Å². The van der Waals surface area contributed by atoms with Crippen LogP contribution >= 0.6 is 0 Å². The first kappa shape index (κ1) is 12.9. The molecule has 0 bridgehead atoms. The van der Waals surface area contributed by atoms with Gasteiger partial charge >= 0.3 is 0 Å². The first-order chi connectivity index (χ1) is 8.61. The number of hydrogen-bond acceptors (Lipinski definition) is 0. The van der Waals surface area contributed by atoms with Crippen LogP contribution in [0.5, 0.6) is 0 Å². The van der Waals surface area contributed by atoms with Crippen LogP contribution in [0.25, 0.3) is 11.1 Å². The zero-order valence-electron chi connectivity index (χ0n) is 11.8. The predicted molar refractivity (Wildman–Crippen MR) is 80.1 cm³/mol. The molecule has 2 aromatic carbocycles. The minimum Gasteiger partial charge on any atom is -0.0622 e. The molecule has 2 aromatic rings. The molecular weight excluding hydrogens is 216 g/mol. The first-order valence-electron chi connectivity index (χ1n) is 6.79. The van der Waals surface area contributed by atoms with Crippen molar-refractivity contribution in [2.45, 2.75) is 39.5 Å². The summed E-state index contributed by atoms with van der Waals surface area (Å²) in [7, 11) is 0. The van der Waals surface area contributed by atoms with Gasteiger partial charge in [0.05, 0.1) is 0 Å². The third kappa shape index (κ3) is 2.48. The minimum absolute atomic E-state index is 0.555. The molecule has 0 heteroatoms. The first-order valence-corrected chi connectivity index (χ1v) is 6.79. The lowest BCUT2D eigenvalue weighted by atomic mass is 9.85. The highest BCUT2D eigenvalue weighted by Crippen LogP contribution is 2.35. The van der Waals surface area contributed by atoms with E-state index in [0.717, 1.165) is 0 Å². The Morgan fingerprint density at radius 3 is 1.56 bits per heavy atom. The molecule has 0 radical (unpaired) electrons. The Morgan fingerprint density at radius 2 is 1.11 bits per heavy atom. The van der Waals surface area contributed by atoms with Crippen molar-refractivity contribution in [1.82, 2.24) is 0 Å². The van der Waals surface area contributed by atoms with E-state index < -0.39 is 0 Å². The molecule has 0 aromatic heterocycles. The lowest BCUT2D eigenvalue weighted by Gasteiger charge is -2.19. The molecule has 0 heterocycles. The van der Waals surface area contributed by atoms with Crippen LogP contribution in [0.1, 0.15) is 50.7 Å². The fraction of sp³-hybridized carbons (Fsp3) is 0.333. The largest absolute Gasteiger partial charge is 0.0622 e. The van der Waals surface area contributed by atoms with Gasteiger partial charge in [-0.1, -0.05) is 76.2 Å². The van der Waals surface area contributed by atoms with E-state index >= 15 is 0 Å². The highest BCUT2D eigenvalue weighted by Gasteiger charge is 2.14. The maximum Gasteiger partial charge on any atom is -0.0115 e. The third-order valence-corrected chi connectivity index (χ3v) is 3.44. The standard InChI is InChI=1S/C18H22/c1-13(2)16-11-8-12-17(14(3)4)18(16)15-9-6-5-7-10-15/h5-14H,1-4H3. The third-order valence-electron chi connectivity index (χ3n) is 3.44. The summed E-state index contributed by atoms with van der Waals surface area (Å²) in [5.74, 6) is 1.11. The molecule has 0 aliphatic heterocycles. The van der Waals surface area contributed by atoms with E-state index in [0.29, 0.717) is 11.8 Å². The van der Waals surface area contributed by atoms with Gasteiger partial charge in [0, 0.05) is 0 Å². The van der Waals surface area contributed by atoms with Gasteiger partial charge in [0.15, 0.2) is 0 Å². The van der Waals surface area contributed by atoms with Crippen LogP contribution in [-0.4, -0.2) is 0 Å². The van der Waals surface area contributed by atoms with E-state index in [1.54, 1.807) is 0 Å². The molecule has 94 valence electrons. The smallest absolute Gasteiger partial charge is 0.0115 e. The molecule has 0 saturated heterocycles. The van der Waals surface area contributed by atoms with Gasteiger partial charge < -0.3 is 0 Å². The summed E-state index contributed by atoms with van der Waals surface area (Å²) in [6.07, 6.45) is 0. The lowest BCUT2D eigenvalue weighted by Crippen LogP contribution is -1.99. The van der Waals surface area contributed by atoms with E-state index in [4.69, 9.17) is 0 Å². The van der Waals surface area contributed by atoms with E-state index in [9.17, 15) is 0 Å². The highest BCUT2D eigenvalue weighted by atomic mass is 14.2.